The molecule has 1 saturated carbocycles. The number of benzene rings is 1. The lowest BCUT2D eigenvalue weighted by molar-refractivity contribution is 0.241. The predicted octanol–water partition coefficient (Wildman–Crippen LogP) is 3.11. The molecule has 20 heavy (non-hydrogen) atoms. The van der Waals surface area contributed by atoms with Gasteiger partial charge in [0.15, 0.2) is 0 Å². The third-order valence-corrected chi connectivity index (χ3v) is 6.43. The van der Waals surface area contributed by atoms with Crippen LogP contribution in [0.15, 0.2) is 41.3 Å². The van der Waals surface area contributed by atoms with Gasteiger partial charge in [-0.25, -0.2) is 8.42 Å². The molecule has 2 aliphatic rings. The van der Waals surface area contributed by atoms with E-state index in [4.69, 9.17) is 0 Å². The summed E-state index contributed by atoms with van der Waals surface area (Å²) in [5, 5.41) is 0. The summed E-state index contributed by atoms with van der Waals surface area (Å²) < 4.78 is 27.4. The molecule has 1 aromatic carbocycles. The number of rotatable bonds is 2. The molecule has 1 aliphatic carbocycles. The Labute approximate surface area is 121 Å². The van der Waals surface area contributed by atoms with Gasteiger partial charge in [-0.1, -0.05) is 36.3 Å². The molecule has 0 spiro atoms. The summed E-state index contributed by atoms with van der Waals surface area (Å²) in [5.74, 6) is 0.469. The summed E-state index contributed by atoms with van der Waals surface area (Å²) in [7, 11) is -3.39. The lowest BCUT2D eigenvalue weighted by atomic mass is 9.91. The second kappa shape index (κ2) is 5.01. The minimum Gasteiger partial charge on any atom is -0.207 e. The van der Waals surface area contributed by atoms with E-state index >= 15 is 0 Å². The zero-order chi connectivity index (χ0) is 14.3. The molecule has 0 radical (unpaired) electrons. The molecule has 2 atom stereocenters. The Hall–Kier alpha value is -1.13. The highest BCUT2D eigenvalue weighted by Gasteiger charge is 2.42. The van der Waals surface area contributed by atoms with Crippen LogP contribution in [0.5, 0.6) is 0 Å². The molecule has 1 heterocycles. The van der Waals surface area contributed by atoms with E-state index in [1.807, 2.05) is 19.1 Å². The highest BCUT2D eigenvalue weighted by molar-refractivity contribution is 7.89. The largest absolute Gasteiger partial charge is 0.243 e. The summed E-state index contributed by atoms with van der Waals surface area (Å²) in [6.07, 6.45) is 4.24. The number of fused-ring (bicyclic) bond motifs is 1. The van der Waals surface area contributed by atoms with Crippen LogP contribution < -0.4 is 0 Å². The predicted molar refractivity (Wildman–Crippen MR) is 80.0 cm³/mol. The van der Waals surface area contributed by atoms with Crippen molar-refractivity contribution < 1.29 is 8.42 Å². The van der Waals surface area contributed by atoms with E-state index in [9.17, 15) is 8.42 Å². The molecular weight excluding hydrogens is 270 g/mol. The number of hydrogen-bond acceptors (Lipinski definition) is 2. The fourth-order valence-electron chi connectivity index (χ4n) is 3.52. The second-order valence-electron chi connectivity index (χ2n) is 6.08. The summed E-state index contributed by atoms with van der Waals surface area (Å²) >= 11 is 0. The summed E-state index contributed by atoms with van der Waals surface area (Å²) in [5.41, 5.74) is 2.12. The zero-order valence-electron chi connectivity index (χ0n) is 11.9. The standard InChI is InChI=1S/C16H21NO2S/c1-12-6-8-15(9-7-12)20(18,19)17-11-13(2)10-14-4-3-5-16(14)17/h6-9,14,16H,2-5,10-11H2,1H3/t14-,16+/m1/s1. The van der Waals surface area contributed by atoms with Gasteiger partial charge < -0.3 is 0 Å². The summed E-state index contributed by atoms with van der Waals surface area (Å²) in [4.78, 5) is 0.406. The molecule has 0 bridgehead atoms. The Morgan fingerprint density at radius 1 is 1.20 bits per heavy atom. The first-order valence-electron chi connectivity index (χ1n) is 7.23. The lowest BCUT2D eigenvalue weighted by Gasteiger charge is -2.37. The van der Waals surface area contributed by atoms with Gasteiger partial charge in [0.25, 0.3) is 0 Å². The highest BCUT2D eigenvalue weighted by atomic mass is 32.2. The van der Waals surface area contributed by atoms with Crippen molar-refractivity contribution in [2.75, 3.05) is 6.54 Å². The molecule has 3 rings (SSSR count). The molecule has 1 saturated heterocycles. The van der Waals surface area contributed by atoms with Crippen molar-refractivity contribution in [1.29, 1.82) is 0 Å². The van der Waals surface area contributed by atoms with Gasteiger partial charge in [-0.3, -0.25) is 0 Å². The Bertz CT molecular complexity index is 618. The van der Waals surface area contributed by atoms with Crippen LogP contribution in [0.25, 0.3) is 0 Å². The molecule has 0 N–H and O–H groups in total. The molecule has 0 amide bonds. The van der Waals surface area contributed by atoms with Gasteiger partial charge in [-0.2, -0.15) is 4.31 Å². The molecule has 0 unspecified atom stereocenters. The van der Waals surface area contributed by atoms with E-state index in [2.05, 4.69) is 6.58 Å². The monoisotopic (exact) mass is 291 g/mol. The van der Waals surface area contributed by atoms with Crippen LogP contribution >= 0.6 is 0 Å². The van der Waals surface area contributed by atoms with Crippen molar-refractivity contribution in [3.63, 3.8) is 0 Å². The van der Waals surface area contributed by atoms with Gasteiger partial charge in [-0.05, 0) is 44.2 Å². The van der Waals surface area contributed by atoms with E-state index in [0.717, 1.165) is 36.8 Å². The molecule has 0 aromatic heterocycles. The van der Waals surface area contributed by atoms with E-state index in [1.165, 1.54) is 0 Å². The van der Waals surface area contributed by atoms with Crippen LogP contribution in [0.3, 0.4) is 0 Å². The molecule has 1 aliphatic heterocycles. The van der Waals surface area contributed by atoms with Crippen molar-refractivity contribution in [2.45, 2.75) is 43.5 Å². The number of nitrogens with zero attached hydrogens (tertiary/aromatic N) is 1. The van der Waals surface area contributed by atoms with Crippen molar-refractivity contribution >= 4 is 10.0 Å². The summed E-state index contributed by atoms with van der Waals surface area (Å²) in [6, 6.07) is 7.32. The van der Waals surface area contributed by atoms with Crippen molar-refractivity contribution in [3.05, 3.63) is 42.0 Å². The zero-order valence-corrected chi connectivity index (χ0v) is 12.7. The number of piperidine rings is 1. The van der Waals surface area contributed by atoms with E-state index in [0.29, 0.717) is 17.4 Å². The molecular formula is C16H21NO2S. The molecule has 4 heteroatoms. The van der Waals surface area contributed by atoms with Gasteiger partial charge in [0.05, 0.1) is 4.90 Å². The van der Waals surface area contributed by atoms with Gasteiger partial charge in [0, 0.05) is 12.6 Å². The van der Waals surface area contributed by atoms with Crippen molar-refractivity contribution in [1.82, 2.24) is 4.31 Å². The van der Waals surface area contributed by atoms with Crippen LogP contribution in [0, 0.1) is 12.8 Å². The molecule has 1 aromatic rings. The second-order valence-corrected chi connectivity index (χ2v) is 7.97. The van der Waals surface area contributed by atoms with Crippen LogP contribution in [0.4, 0.5) is 0 Å². The topological polar surface area (TPSA) is 37.4 Å². The Morgan fingerprint density at radius 3 is 2.60 bits per heavy atom. The maximum atomic E-state index is 12.9. The lowest BCUT2D eigenvalue weighted by Crippen LogP contribution is -2.46. The van der Waals surface area contributed by atoms with Gasteiger partial charge in [0.1, 0.15) is 0 Å². The third-order valence-electron chi connectivity index (χ3n) is 4.55. The highest BCUT2D eigenvalue weighted by Crippen LogP contribution is 2.40. The van der Waals surface area contributed by atoms with Crippen LogP contribution in [-0.4, -0.2) is 25.3 Å². The fourth-order valence-corrected chi connectivity index (χ4v) is 5.25. The van der Waals surface area contributed by atoms with Gasteiger partial charge >= 0.3 is 0 Å². The minimum absolute atomic E-state index is 0.173. The van der Waals surface area contributed by atoms with E-state index < -0.39 is 10.0 Å². The summed E-state index contributed by atoms with van der Waals surface area (Å²) in [6.45, 7) is 6.49. The maximum Gasteiger partial charge on any atom is 0.243 e. The number of sulfonamides is 1. The Morgan fingerprint density at radius 2 is 1.90 bits per heavy atom. The van der Waals surface area contributed by atoms with Gasteiger partial charge in [-0.15, -0.1) is 0 Å². The van der Waals surface area contributed by atoms with E-state index in [1.54, 1.807) is 16.4 Å². The maximum absolute atomic E-state index is 12.9. The Balaban J connectivity index is 1.97. The molecule has 3 nitrogen and oxygen atoms in total. The fraction of sp³-hybridized carbons (Fsp3) is 0.500. The average Bonchev–Trinajstić information content (AvgIpc) is 2.86. The molecule has 108 valence electrons. The first-order chi connectivity index (χ1) is 9.48. The van der Waals surface area contributed by atoms with Crippen LogP contribution in [-0.2, 0) is 10.0 Å². The Kier molecular flexibility index (Phi) is 3.46. The third kappa shape index (κ3) is 2.31. The molecule has 2 fully saturated rings. The first-order valence-corrected chi connectivity index (χ1v) is 8.67. The smallest absolute Gasteiger partial charge is 0.207 e. The number of aryl methyl sites for hydroxylation is 1. The van der Waals surface area contributed by atoms with Gasteiger partial charge in [0.2, 0.25) is 10.0 Å². The normalized spacial score (nSPS) is 27.6. The average molecular weight is 291 g/mol. The first kappa shape index (κ1) is 13.8. The minimum atomic E-state index is -3.39. The van der Waals surface area contributed by atoms with Crippen LogP contribution in [0.2, 0.25) is 0 Å². The quantitative estimate of drug-likeness (QED) is 0.785. The van der Waals surface area contributed by atoms with Crippen molar-refractivity contribution in [2.24, 2.45) is 5.92 Å². The van der Waals surface area contributed by atoms with E-state index in [-0.39, 0.29) is 6.04 Å². The van der Waals surface area contributed by atoms with Crippen molar-refractivity contribution in [3.8, 4) is 0 Å². The number of hydrogen-bond donors (Lipinski definition) is 0. The van der Waals surface area contributed by atoms with Crippen LogP contribution in [0.1, 0.15) is 31.2 Å². The SMILES string of the molecule is C=C1C[C@H]2CCC[C@@H]2N(S(=O)(=O)c2ccc(C)cc2)C1.